The van der Waals surface area contributed by atoms with Crippen molar-refractivity contribution in [1.82, 2.24) is 9.97 Å². The first kappa shape index (κ1) is 22.8. The first-order chi connectivity index (χ1) is 14.5. The van der Waals surface area contributed by atoms with E-state index in [9.17, 15) is 9.59 Å². The van der Waals surface area contributed by atoms with Crippen molar-refractivity contribution in [1.29, 1.82) is 0 Å². The molecule has 1 aliphatic heterocycles. The lowest BCUT2D eigenvalue weighted by Gasteiger charge is -2.30. The Kier molecular flexibility index (Phi) is 7.00. The molecule has 1 amide bonds. The van der Waals surface area contributed by atoms with Gasteiger partial charge >= 0.3 is 12.0 Å². The Morgan fingerprint density at radius 1 is 1.19 bits per heavy atom. The third kappa shape index (κ3) is 4.74. The van der Waals surface area contributed by atoms with Crippen LogP contribution in [-0.2, 0) is 11.2 Å². The van der Waals surface area contributed by atoms with Crippen LogP contribution in [0.4, 0.5) is 11.5 Å². The molecule has 0 bridgehead atoms. The highest BCUT2D eigenvalue weighted by atomic mass is 35.5. The Bertz CT molecular complexity index is 959. The maximum atomic E-state index is 13.0. The molecule has 0 atom stereocenters. The zero-order valence-electron chi connectivity index (χ0n) is 17.4. The number of aromatic nitrogens is 2. The SMILES string of the molecule is COc1nc(N)c2c(n1)CCN(c1ccc(C3CCC(CC(=O)O)CC3)cc1)C2=O.Cl. The Labute approximate surface area is 187 Å². The van der Waals surface area contributed by atoms with Gasteiger partial charge in [0.05, 0.1) is 12.8 Å². The summed E-state index contributed by atoms with van der Waals surface area (Å²) in [4.78, 5) is 34.0. The van der Waals surface area contributed by atoms with E-state index in [0.717, 1.165) is 31.4 Å². The second kappa shape index (κ2) is 9.51. The quantitative estimate of drug-likeness (QED) is 0.721. The summed E-state index contributed by atoms with van der Waals surface area (Å²) in [5.74, 6) is -0.0339. The van der Waals surface area contributed by atoms with Crippen LogP contribution in [0.15, 0.2) is 24.3 Å². The summed E-state index contributed by atoms with van der Waals surface area (Å²) in [6.45, 7) is 0.519. The molecule has 1 fully saturated rings. The fourth-order valence-electron chi connectivity index (χ4n) is 4.58. The maximum Gasteiger partial charge on any atom is 0.318 e. The van der Waals surface area contributed by atoms with Gasteiger partial charge in [-0.2, -0.15) is 9.97 Å². The van der Waals surface area contributed by atoms with Gasteiger partial charge in [0.1, 0.15) is 11.4 Å². The van der Waals surface area contributed by atoms with Crippen molar-refractivity contribution >= 4 is 35.8 Å². The summed E-state index contributed by atoms with van der Waals surface area (Å²) in [6, 6.07) is 8.28. The highest BCUT2D eigenvalue weighted by Gasteiger charge is 2.30. The van der Waals surface area contributed by atoms with E-state index < -0.39 is 5.97 Å². The average Bonchev–Trinajstić information content (AvgIpc) is 2.74. The summed E-state index contributed by atoms with van der Waals surface area (Å²) in [6.07, 6.45) is 4.75. The van der Waals surface area contributed by atoms with E-state index in [2.05, 4.69) is 22.1 Å². The number of hydrogen-bond acceptors (Lipinski definition) is 6. The largest absolute Gasteiger partial charge is 0.481 e. The molecule has 1 aromatic carbocycles. The molecule has 0 saturated heterocycles. The van der Waals surface area contributed by atoms with Gasteiger partial charge in [0.2, 0.25) is 0 Å². The predicted octanol–water partition coefficient (Wildman–Crippen LogP) is 3.44. The number of halogens is 1. The van der Waals surface area contributed by atoms with Gasteiger partial charge in [0.15, 0.2) is 0 Å². The number of anilines is 2. The van der Waals surface area contributed by atoms with Crippen molar-refractivity contribution in [2.24, 2.45) is 5.92 Å². The lowest BCUT2D eigenvalue weighted by molar-refractivity contribution is -0.138. The molecule has 1 saturated carbocycles. The standard InChI is InChI=1S/C22H26N4O4.ClH/c1-30-22-24-17-10-11-26(21(29)19(17)20(23)25-22)16-8-6-15(7-9-16)14-4-2-13(3-5-14)12-18(27)28;/h6-9,13-14H,2-5,10-12H2,1H3,(H,27,28)(H2,23,24,25);1H. The first-order valence-corrected chi connectivity index (χ1v) is 10.3. The number of aliphatic carboxylic acids is 1. The van der Waals surface area contributed by atoms with Gasteiger partial charge in [-0.1, -0.05) is 12.1 Å². The highest BCUT2D eigenvalue weighted by Crippen LogP contribution is 2.38. The van der Waals surface area contributed by atoms with Crippen molar-refractivity contribution in [3.63, 3.8) is 0 Å². The zero-order valence-corrected chi connectivity index (χ0v) is 18.2. The second-order valence-corrected chi connectivity index (χ2v) is 8.03. The third-order valence-electron chi connectivity index (χ3n) is 6.19. The van der Waals surface area contributed by atoms with E-state index in [-0.39, 0.29) is 42.5 Å². The predicted molar refractivity (Wildman–Crippen MR) is 119 cm³/mol. The van der Waals surface area contributed by atoms with E-state index >= 15 is 0 Å². The smallest absolute Gasteiger partial charge is 0.318 e. The van der Waals surface area contributed by atoms with Crippen molar-refractivity contribution in [3.05, 3.63) is 41.1 Å². The number of carbonyl (C=O) groups is 2. The lowest BCUT2D eigenvalue weighted by atomic mass is 9.77. The monoisotopic (exact) mass is 446 g/mol. The van der Waals surface area contributed by atoms with Crippen LogP contribution in [0.3, 0.4) is 0 Å². The van der Waals surface area contributed by atoms with Crippen LogP contribution in [0.25, 0.3) is 0 Å². The number of nitrogens with zero attached hydrogens (tertiary/aromatic N) is 3. The van der Waals surface area contributed by atoms with Crippen LogP contribution in [0.1, 0.15) is 59.6 Å². The minimum atomic E-state index is -0.708. The number of benzene rings is 1. The molecule has 3 N–H and O–H groups in total. The van der Waals surface area contributed by atoms with Crippen molar-refractivity contribution < 1.29 is 19.4 Å². The van der Waals surface area contributed by atoms with Crippen LogP contribution in [-0.4, -0.2) is 40.6 Å². The molecule has 1 aliphatic carbocycles. The van der Waals surface area contributed by atoms with Crippen molar-refractivity contribution in [2.45, 2.75) is 44.4 Å². The van der Waals surface area contributed by atoms with E-state index in [0.29, 0.717) is 30.1 Å². The molecule has 0 radical (unpaired) electrons. The zero-order chi connectivity index (χ0) is 21.3. The number of rotatable bonds is 5. The highest BCUT2D eigenvalue weighted by molar-refractivity contribution is 6.10. The average molecular weight is 447 g/mol. The Balaban J connectivity index is 0.00000272. The van der Waals surface area contributed by atoms with Gasteiger partial charge in [-0.05, 0) is 55.2 Å². The van der Waals surface area contributed by atoms with E-state index in [4.69, 9.17) is 15.6 Å². The minimum absolute atomic E-state index is 0. The van der Waals surface area contributed by atoms with E-state index in [1.807, 2.05) is 12.1 Å². The molecule has 1 aromatic heterocycles. The second-order valence-electron chi connectivity index (χ2n) is 8.03. The molecule has 0 spiro atoms. The molecule has 9 heteroatoms. The molecule has 2 heterocycles. The van der Waals surface area contributed by atoms with Crippen LogP contribution in [0.5, 0.6) is 6.01 Å². The van der Waals surface area contributed by atoms with E-state index in [1.54, 1.807) is 4.90 Å². The first-order valence-electron chi connectivity index (χ1n) is 10.3. The van der Waals surface area contributed by atoms with Gasteiger partial charge < -0.3 is 20.5 Å². The molecule has 2 aromatic rings. The van der Waals surface area contributed by atoms with Crippen molar-refractivity contribution in [2.75, 3.05) is 24.3 Å². The molecule has 8 nitrogen and oxygen atoms in total. The number of carboxylic acid groups (broad SMARTS) is 1. The van der Waals surface area contributed by atoms with Gasteiger partial charge in [0.25, 0.3) is 5.91 Å². The molecular weight excluding hydrogens is 420 g/mol. The summed E-state index contributed by atoms with van der Waals surface area (Å²) >= 11 is 0. The van der Waals surface area contributed by atoms with Crippen LogP contribution in [0.2, 0.25) is 0 Å². The minimum Gasteiger partial charge on any atom is -0.481 e. The molecule has 0 unspecified atom stereocenters. The summed E-state index contributed by atoms with van der Waals surface area (Å²) in [5, 5.41) is 8.97. The van der Waals surface area contributed by atoms with Gasteiger partial charge in [-0.3, -0.25) is 9.59 Å². The number of nitrogen functional groups attached to an aromatic ring is 1. The number of fused-ring (bicyclic) bond motifs is 1. The van der Waals surface area contributed by atoms with Gasteiger partial charge in [-0.25, -0.2) is 0 Å². The van der Waals surface area contributed by atoms with Crippen LogP contribution in [0, 0.1) is 5.92 Å². The van der Waals surface area contributed by atoms with Crippen LogP contribution < -0.4 is 15.4 Å². The summed E-state index contributed by atoms with van der Waals surface area (Å²) in [5.41, 5.74) is 9.03. The fourth-order valence-corrected chi connectivity index (χ4v) is 4.58. The number of methoxy groups -OCH3 is 1. The summed E-state index contributed by atoms with van der Waals surface area (Å²) < 4.78 is 5.05. The molecule has 31 heavy (non-hydrogen) atoms. The van der Waals surface area contributed by atoms with Crippen LogP contribution >= 0.6 is 12.4 Å². The van der Waals surface area contributed by atoms with Gasteiger partial charge in [-0.15, -0.1) is 12.4 Å². The fraction of sp³-hybridized carbons (Fsp3) is 0.455. The Hall–Kier alpha value is -2.87. The normalized spacial score (nSPS) is 20.5. The number of carbonyl (C=O) groups excluding carboxylic acids is 1. The summed E-state index contributed by atoms with van der Waals surface area (Å²) in [7, 11) is 1.47. The molecule has 166 valence electrons. The number of hydrogen-bond donors (Lipinski definition) is 2. The van der Waals surface area contributed by atoms with E-state index in [1.165, 1.54) is 12.7 Å². The number of amides is 1. The van der Waals surface area contributed by atoms with Gasteiger partial charge in [0, 0.05) is 25.1 Å². The maximum absolute atomic E-state index is 13.0. The third-order valence-corrected chi connectivity index (χ3v) is 6.19. The molecule has 4 rings (SSSR count). The van der Waals surface area contributed by atoms with Crippen molar-refractivity contribution in [3.8, 4) is 6.01 Å². The number of nitrogens with two attached hydrogens (primary N) is 1. The molecule has 2 aliphatic rings. The topological polar surface area (TPSA) is 119 Å². The molecular formula is C22H27ClN4O4. The Morgan fingerprint density at radius 3 is 2.48 bits per heavy atom. The number of ether oxygens (including phenoxy) is 1. The number of carboxylic acids is 1. The Morgan fingerprint density at radius 2 is 1.87 bits per heavy atom. The lowest BCUT2D eigenvalue weighted by Crippen LogP contribution is -2.39.